The monoisotopic (exact) mass is 751 g/mol. The number of amides is 5. The van der Waals surface area contributed by atoms with Gasteiger partial charge in [0.2, 0.25) is 17.6 Å². The van der Waals surface area contributed by atoms with E-state index in [0.717, 1.165) is 19.3 Å². The zero-order valence-corrected chi connectivity index (χ0v) is 32.9. The number of ketones is 1. The Labute approximate surface area is 315 Å². The second kappa shape index (κ2) is 18.1. The molecule has 1 saturated heterocycles. The highest BCUT2D eigenvalue weighted by Crippen LogP contribution is 2.40. The van der Waals surface area contributed by atoms with Gasteiger partial charge in [0.25, 0.3) is 5.91 Å². The van der Waals surface area contributed by atoms with Gasteiger partial charge in [-0.2, -0.15) is 0 Å². The molecule has 0 bridgehead atoms. The molecule has 4 atom stereocenters. The van der Waals surface area contributed by atoms with Crippen LogP contribution in [0.3, 0.4) is 0 Å². The minimum absolute atomic E-state index is 0.0125. The number of urea groups is 1. The van der Waals surface area contributed by atoms with Crippen LogP contribution in [-0.4, -0.2) is 85.4 Å². The zero-order chi connectivity index (χ0) is 39.6. The zero-order valence-electron chi connectivity index (χ0n) is 32.0. The molecule has 1 aliphatic heterocycles. The topological polar surface area (TPSA) is 171 Å². The van der Waals surface area contributed by atoms with Crippen LogP contribution >= 0.6 is 0 Å². The molecule has 290 valence electrons. The van der Waals surface area contributed by atoms with Gasteiger partial charge in [-0.1, -0.05) is 79.0 Å². The first-order chi connectivity index (χ1) is 24.8. The summed E-state index contributed by atoms with van der Waals surface area (Å²) in [5, 5.41) is 11.0. The van der Waals surface area contributed by atoms with Gasteiger partial charge in [0.15, 0.2) is 9.84 Å². The maximum Gasteiger partial charge on any atom is 0.315 e. The molecule has 3 rings (SSSR count). The number of nitrogens with one attached hydrogen (secondary N) is 4. The summed E-state index contributed by atoms with van der Waals surface area (Å²) in [5.74, 6) is 1.35. The van der Waals surface area contributed by atoms with Crippen LogP contribution < -0.4 is 21.3 Å². The number of carbonyl (C=O) groups excluding carboxylic acids is 5. The minimum Gasteiger partial charge on any atom is -0.348 e. The number of sulfone groups is 1. The SMILES string of the molecule is C#CCCNC(=O)C(=O)C(CCC#C)NC(=O)C1C(C(C)(C)C)CCN1C(=O)[C@@H](NC(=O)NC1(CS(=O)(=O)c2ccccc2)CCCCC1)C(C)(C)C. The molecule has 12 nitrogen and oxygen atoms in total. The van der Waals surface area contributed by atoms with E-state index in [0.29, 0.717) is 19.3 Å². The smallest absolute Gasteiger partial charge is 0.315 e. The molecule has 13 heteroatoms. The average Bonchev–Trinajstić information content (AvgIpc) is 3.55. The molecule has 1 aliphatic carbocycles. The van der Waals surface area contributed by atoms with E-state index < -0.39 is 73.9 Å². The summed E-state index contributed by atoms with van der Waals surface area (Å²) < 4.78 is 27.0. The van der Waals surface area contributed by atoms with E-state index in [1.807, 2.05) is 20.8 Å². The van der Waals surface area contributed by atoms with Crippen LogP contribution in [0.4, 0.5) is 4.79 Å². The number of rotatable bonds is 14. The fourth-order valence-corrected chi connectivity index (χ4v) is 9.18. The average molecular weight is 752 g/mol. The first-order valence-corrected chi connectivity index (χ1v) is 20.1. The molecule has 0 aromatic heterocycles. The highest BCUT2D eigenvalue weighted by atomic mass is 32.2. The summed E-state index contributed by atoms with van der Waals surface area (Å²) in [6.45, 7) is 11.6. The molecule has 5 amide bonds. The Bertz CT molecular complexity index is 1680. The Morgan fingerprint density at radius 3 is 2.11 bits per heavy atom. The minimum atomic E-state index is -3.75. The van der Waals surface area contributed by atoms with Crippen molar-refractivity contribution in [1.82, 2.24) is 26.2 Å². The first-order valence-electron chi connectivity index (χ1n) is 18.4. The molecular formula is C40H57N5O7S. The van der Waals surface area contributed by atoms with Crippen molar-refractivity contribution in [2.24, 2.45) is 16.7 Å². The second-order valence-corrected chi connectivity index (χ2v) is 18.4. The maximum absolute atomic E-state index is 14.6. The lowest BCUT2D eigenvalue weighted by Gasteiger charge is -2.40. The van der Waals surface area contributed by atoms with E-state index in [2.05, 4.69) is 33.1 Å². The quantitative estimate of drug-likeness (QED) is 0.128. The van der Waals surface area contributed by atoms with E-state index in [4.69, 9.17) is 12.8 Å². The molecule has 53 heavy (non-hydrogen) atoms. The van der Waals surface area contributed by atoms with Crippen LogP contribution in [-0.2, 0) is 29.0 Å². The molecule has 1 aromatic rings. The Balaban J connectivity index is 1.89. The molecule has 1 saturated carbocycles. The Morgan fingerprint density at radius 2 is 1.55 bits per heavy atom. The summed E-state index contributed by atoms with van der Waals surface area (Å²) in [5.41, 5.74) is -2.31. The van der Waals surface area contributed by atoms with Gasteiger partial charge in [0.1, 0.15) is 12.1 Å². The molecule has 4 N–H and O–H groups in total. The van der Waals surface area contributed by atoms with E-state index in [9.17, 15) is 32.4 Å². The fourth-order valence-electron chi connectivity index (χ4n) is 7.35. The van der Waals surface area contributed by atoms with Gasteiger partial charge < -0.3 is 26.2 Å². The standard InChI is InChI=1S/C40H57N5O7S/c1-9-11-21-30(32(46)35(48)41-25-12-10-2)42-34(47)31-29(38(3,4)5)22-26-45(31)36(49)33(39(6,7)8)43-37(50)44-40(23-17-14-18-24-40)27-53(51,52)28-19-15-13-16-20-28/h1-2,13,15-16,19-20,29-31,33H,11-12,14,17-18,21-27H2,3-8H3,(H,41,48)(H,42,47)(H2,43,44,50)/t29?,30?,31?,33-/m1/s1. The van der Waals surface area contributed by atoms with Crippen molar-refractivity contribution in [1.29, 1.82) is 0 Å². The normalized spacial score (nSPS) is 19.8. The third-order valence-electron chi connectivity index (χ3n) is 10.2. The largest absolute Gasteiger partial charge is 0.348 e. The highest BCUT2D eigenvalue weighted by Gasteiger charge is 2.50. The van der Waals surface area contributed by atoms with Gasteiger partial charge >= 0.3 is 6.03 Å². The predicted octanol–water partition coefficient (Wildman–Crippen LogP) is 3.75. The molecular weight excluding hydrogens is 695 g/mol. The molecule has 0 spiro atoms. The number of carbonyl (C=O) groups is 5. The van der Waals surface area contributed by atoms with Crippen LogP contribution in [0.25, 0.3) is 0 Å². The van der Waals surface area contributed by atoms with Crippen LogP contribution in [0, 0.1) is 41.4 Å². The number of hydrogen-bond acceptors (Lipinski definition) is 7. The molecule has 2 fully saturated rings. The van der Waals surface area contributed by atoms with Gasteiger partial charge in [-0.25, -0.2) is 13.2 Å². The van der Waals surface area contributed by atoms with Crippen molar-refractivity contribution in [3.8, 4) is 24.7 Å². The van der Waals surface area contributed by atoms with Gasteiger partial charge in [-0.15, -0.1) is 24.7 Å². The van der Waals surface area contributed by atoms with Crippen LogP contribution in [0.15, 0.2) is 35.2 Å². The third kappa shape index (κ3) is 11.6. The van der Waals surface area contributed by atoms with Gasteiger partial charge in [0, 0.05) is 25.9 Å². The van der Waals surface area contributed by atoms with Crippen molar-refractivity contribution >= 4 is 39.4 Å². The van der Waals surface area contributed by atoms with Crippen molar-refractivity contribution in [3.63, 3.8) is 0 Å². The number of benzene rings is 1. The van der Waals surface area contributed by atoms with Crippen LogP contribution in [0.2, 0.25) is 0 Å². The number of nitrogens with zero attached hydrogens (tertiary/aromatic N) is 1. The van der Waals surface area contributed by atoms with E-state index >= 15 is 0 Å². The summed E-state index contributed by atoms with van der Waals surface area (Å²) in [6, 6.07) is 4.09. The first kappa shape index (κ1) is 43.0. The molecule has 1 aromatic carbocycles. The van der Waals surface area contributed by atoms with Crippen molar-refractivity contribution in [2.45, 2.75) is 128 Å². The summed E-state index contributed by atoms with van der Waals surface area (Å²) >= 11 is 0. The lowest BCUT2D eigenvalue weighted by Crippen LogP contribution is -2.63. The number of terminal acetylenes is 2. The maximum atomic E-state index is 14.6. The van der Waals surface area contributed by atoms with Crippen LogP contribution in [0.1, 0.15) is 99.3 Å². The van der Waals surface area contributed by atoms with E-state index in [1.165, 1.54) is 17.0 Å². The van der Waals surface area contributed by atoms with Crippen molar-refractivity contribution in [2.75, 3.05) is 18.8 Å². The van der Waals surface area contributed by atoms with E-state index in [-0.39, 0.29) is 48.9 Å². The number of likely N-dealkylation sites (tertiary alicyclic amines) is 1. The molecule has 2 aliphatic rings. The Hall–Kier alpha value is -4.36. The summed E-state index contributed by atoms with van der Waals surface area (Å²) in [6.07, 6.45) is 14.9. The highest BCUT2D eigenvalue weighted by molar-refractivity contribution is 7.91. The van der Waals surface area contributed by atoms with Gasteiger partial charge in [-0.05, 0) is 54.6 Å². The van der Waals surface area contributed by atoms with Gasteiger partial charge in [0.05, 0.1) is 22.2 Å². The molecule has 0 radical (unpaired) electrons. The fraction of sp³-hybridized carbons (Fsp3) is 0.625. The molecule has 1 heterocycles. The lowest BCUT2D eigenvalue weighted by atomic mass is 9.75. The second-order valence-electron chi connectivity index (χ2n) is 16.4. The number of hydrogen-bond donors (Lipinski definition) is 4. The van der Waals surface area contributed by atoms with E-state index in [1.54, 1.807) is 39.0 Å². The Kier molecular flexibility index (Phi) is 14.7. The summed E-state index contributed by atoms with van der Waals surface area (Å²) in [4.78, 5) is 70.1. The van der Waals surface area contributed by atoms with Crippen LogP contribution in [0.5, 0.6) is 0 Å². The number of Topliss-reactive ketones (excluding diaryl/α,β-unsaturated/α-hetero) is 1. The third-order valence-corrected chi connectivity index (χ3v) is 12.1. The van der Waals surface area contributed by atoms with Gasteiger partial charge in [-0.3, -0.25) is 19.2 Å². The van der Waals surface area contributed by atoms with Crippen molar-refractivity contribution < 1.29 is 32.4 Å². The lowest BCUT2D eigenvalue weighted by molar-refractivity contribution is -0.145. The Morgan fingerprint density at radius 1 is 0.925 bits per heavy atom. The summed E-state index contributed by atoms with van der Waals surface area (Å²) in [7, 11) is -3.75. The molecule has 3 unspecified atom stereocenters. The predicted molar refractivity (Wildman–Crippen MR) is 204 cm³/mol. The van der Waals surface area contributed by atoms with Crippen molar-refractivity contribution in [3.05, 3.63) is 30.3 Å².